The fraction of sp³-hybridized carbons (Fsp3) is 0.571. The molecule has 0 aliphatic rings. The van der Waals surface area contributed by atoms with Crippen LogP contribution in [0.25, 0.3) is 0 Å². The summed E-state index contributed by atoms with van der Waals surface area (Å²) in [7, 11) is 0. The maximum atomic E-state index is 12.3. The molecule has 15 heavy (non-hydrogen) atoms. The molecule has 0 saturated heterocycles. The molecule has 1 N–H and O–H groups in total. The molecule has 3 nitrogen and oxygen atoms in total. The normalized spacial score (nSPS) is 11.7. The SMILES string of the molecule is OCc1c(C(F)F)nn(CC(F)F)c1Cl. The molecule has 1 aromatic heterocycles. The van der Waals surface area contributed by atoms with Gasteiger partial charge in [-0.05, 0) is 0 Å². The summed E-state index contributed by atoms with van der Waals surface area (Å²) in [6, 6.07) is 0. The highest BCUT2D eigenvalue weighted by atomic mass is 35.5. The molecule has 0 aliphatic carbocycles. The van der Waals surface area contributed by atoms with Crippen LogP contribution in [0, 0.1) is 0 Å². The predicted molar refractivity (Wildman–Crippen MR) is 44.1 cm³/mol. The molecule has 86 valence electrons. The van der Waals surface area contributed by atoms with Gasteiger partial charge in [0.25, 0.3) is 12.9 Å². The Morgan fingerprint density at radius 3 is 2.27 bits per heavy atom. The minimum atomic E-state index is -2.96. The van der Waals surface area contributed by atoms with Crippen molar-refractivity contribution in [2.24, 2.45) is 0 Å². The van der Waals surface area contributed by atoms with Gasteiger partial charge in [-0.25, -0.2) is 22.2 Å². The monoisotopic (exact) mass is 246 g/mol. The maximum absolute atomic E-state index is 12.3. The van der Waals surface area contributed by atoms with Crippen molar-refractivity contribution < 1.29 is 22.7 Å². The van der Waals surface area contributed by atoms with Crippen LogP contribution in [0.15, 0.2) is 0 Å². The molecule has 0 saturated carbocycles. The third-order valence-electron chi connectivity index (χ3n) is 1.69. The molecule has 0 amide bonds. The summed E-state index contributed by atoms with van der Waals surface area (Å²) in [4.78, 5) is 0. The number of nitrogens with zero attached hydrogens (tertiary/aromatic N) is 2. The van der Waals surface area contributed by atoms with E-state index in [0.29, 0.717) is 4.68 Å². The Labute approximate surface area is 87.3 Å². The van der Waals surface area contributed by atoms with Crippen molar-refractivity contribution >= 4 is 11.6 Å². The summed E-state index contributed by atoms with van der Waals surface area (Å²) in [6.07, 6.45) is -5.71. The molecule has 1 aromatic rings. The van der Waals surface area contributed by atoms with E-state index in [1.807, 2.05) is 0 Å². The maximum Gasteiger partial charge on any atom is 0.282 e. The zero-order chi connectivity index (χ0) is 11.6. The van der Waals surface area contributed by atoms with Gasteiger partial charge in [-0.1, -0.05) is 11.6 Å². The molecular weight excluding hydrogens is 240 g/mol. The zero-order valence-electron chi connectivity index (χ0n) is 7.30. The topological polar surface area (TPSA) is 38.1 Å². The number of aromatic nitrogens is 2. The Morgan fingerprint density at radius 1 is 1.33 bits per heavy atom. The van der Waals surface area contributed by atoms with Gasteiger partial charge in [0, 0.05) is 5.56 Å². The number of aliphatic hydroxyl groups excluding tert-OH is 1. The zero-order valence-corrected chi connectivity index (χ0v) is 8.06. The lowest BCUT2D eigenvalue weighted by molar-refractivity contribution is 0.117. The molecular formula is C7H7ClF4N2O. The fourth-order valence-corrected chi connectivity index (χ4v) is 1.33. The lowest BCUT2D eigenvalue weighted by Crippen LogP contribution is -2.08. The van der Waals surface area contributed by atoms with Gasteiger partial charge in [0.15, 0.2) is 0 Å². The lowest BCUT2D eigenvalue weighted by Gasteiger charge is -2.00. The Hall–Kier alpha value is -0.820. The van der Waals surface area contributed by atoms with Crippen LogP contribution in [0.1, 0.15) is 17.7 Å². The predicted octanol–water partition coefficient (Wildman–Crippen LogP) is 2.23. The van der Waals surface area contributed by atoms with E-state index >= 15 is 0 Å². The highest BCUT2D eigenvalue weighted by molar-refractivity contribution is 6.30. The summed E-state index contributed by atoms with van der Waals surface area (Å²) < 4.78 is 49.1. The van der Waals surface area contributed by atoms with Crippen molar-refractivity contribution in [2.45, 2.75) is 26.0 Å². The smallest absolute Gasteiger partial charge is 0.282 e. The van der Waals surface area contributed by atoms with Crippen molar-refractivity contribution in [3.63, 3.8) is 0 Å². The van der Waals surface area contributed by atoms with E-state index in [1.54, 1.807) is 0 Å². The second-order valence-electron chi connectivity index (χ2n) is 2.69. The minimum absolute atomic E-state index is 0.313. The first-order valence-electron chi connectivity index (χ1n) is 3.89. The number of alkyl halides is 4. The fourth-order valence-electron chi connectivity index (χ4n) is 1.07. The van der Waals surface area contributed by atoms with Gasteiger partial charge in [0.05, 0.1) is 6.61 Å². The van der Waals surface area contributed by atoms with E-state index in [-0.39, 0.29) is 10.7 Å². The van der Waals surface area contributed by atoms with Gasteiger partial charge >= 0.3 is 0 Å². The summed E-state index contributed by atoms with van der Waals surface area (Å²) in [5.74, 6) is 0. The number of rotatable bonds is 4. The first-order chi connectivity index (χ1) is 6.97. The van der Waals surface area contributed by atoms with Gasteiger partial charge in [-0.15, -0.1) is 0 Å². The van der Waals surface area contributed by atoms with Crippen LogP contribution in [0.5, 0.6) is 0 Å². The van der Waals surface area contributed by atoms with Crippen LogP contribution in [0.3, 0.4) is 0 Å². The largest absolute Gasteiger partial charge is 0.391 e. The van der Waals surface area contributed by atoms with Gasteiger partial charge in [0.2, 0.25) is 0 Å². The quantitative estimate of drug-likeness (QED) is 0.828. The van der Waals surface area contributed by atoms with Gasteiger partial charge in [0.1, 0.15) is 17.4 Å². The number of hydrogen-bond acceptors (Lipinski definition) is 2. The average Bonchev–Trinajstić information content (AvgIpc) is 2.43. The van der Waals surface area contributed by atoms with E-state index in [0.717, 1.165) is 0 Å². The van der Waals surface area contributed by atoms with E-state index < -0.39 is 31.7 Å². The summed E-state index contributed by atoms with van der Waals surface area (Å²) in [5.41, 5.74) is -1.07. The number of halogens is 5. The van der Waals surface area contributed by atoms with Crippen LogP contribution in [0.2, 0.25) is 5.15 Å². The van der Waals surface area contributed by atoms with E-state index in [2.05, 4.69) is 5.10 Å². The molecule has 0 aliphatic heterocycles. The van der Waals surface area contributed by atoms with Gasteiger partial charge < -0.3 is 5.11 Å². The van der Waals surface area contributed by atoms with Crippen molar-refractivity contribution in [1.82, 2.24) is 9.78 Å². The summed E-state index contributed by atoms with van der Waals surface area (Å²) >= 11 is 5.49. The third-order valence-corrected chi connectivity index (χ3v) is 2.11. The third kappa shape index (κ3) is 2.60. The molecule has 0 atom stereocenters. The van der Waals surface area contributed by atoms with Gasteiger partial charge in [-0.2, -0.15) is 5.10 Å². The first kappa shape index (κ1) is 12.3. The van der Waals surface area contributed by atoms with Crippen LogP contribution >= 0.6 is 11.6 Å². The molecule has 0 bridgehead atoms. The Bertz CT molecular complexity index is 342. The van der Waals surface area contributed by atoms with E-state index in [9.17, 15) is 17.6 Å². The average molecular weight is 247 g/mol. The molecule has 0 spiro atoms. The second kappa shape index (κ2) is 4.80. The van der Waals surface area contributed by atoms with Crippen molar-refractivity contribution in [2.75, 3.05) is 0 Å². The van der Waals surface area contributed by atoms with Crippen LogP contribution in [0.4, 0.5) is 17.6 Å². The summed E-state index contributed by atoms with van der Waals surface area (Å²) in [6.45, 7) is -1.64. The Kier molecular flexibility index (Phi) is 3.92. The number of hydrogen-bond donors (Lipinski definition) is 1. The number of aliphatic hydroxyl groups is 1. The molecule has 0 fully saturated rings. The minimum Gasteiger partial charge on any atom is -0.391 e. The molecule has 0 unspecified atom stereocenters. The van der Waals surface area contributed by atoms with E-state index in [1.165, 1.54) is 0 Å². The standard InChI is InChI=1S/C7H7ClF4N2O/c8-6-3(2-15)5(7(11)12)13-14(6)1-4(9)10/h4,7,15H,1-2H2. The molecule has 0 radical (unpaired) electrons. The van der Waals surface area contributed by atoms with Crippen molar-refractivity contribution in [3.8, 4) is 0 Å². The van der Waals surface area contributed by atoms with Crippen LogP contribution in [-0.2, 0) is 13.2 Å². The molecule has 1 rings (SSSR count). The Balaban J connectivity index is 3.09. The Morgan fingerprint density at radius 2 is 1.93 bits per heavy atom. The van der Waals surface area contributed by atoms with E-state index in [4.69, 9.17) is 16.7 Å². The highest BCUT2D eigenvalue weighted by Crippen LogP contribution is 2.28. The van der Waals surface area contributed by atoms with Crippen LogP contribution in [-0.4, -0.2) is 21.3 Å². The van der Waals surface area contributed by atoms with Gasteiger partial charge in [-0.3, -0.25) is 0 Å². The second-order valence-corrected chi connectivity index (χ2v) is 3.04. The van der Waals surface area contributed by atoms with Crippen molar-refractivity contribution in [3.05, 3.63) is 16.4 Å². The first-order valence-corrected chi connectivity index (χ1v) is 4.27. The summed E-state index contributed by atoms with van der Waals surface area (Å²) in [5, 5.41) is 11.6. The highest BCUT2D eigenvalue weighted by Gasteiger charge is 2.23. The lowest BCUT2D eigenvalue weighted by atomic mass is 10.3. The van der Waals surface area contributed by atoms with Crippen LogP contribution < -0.4 is 0 Å². The molecule has 0 aromatic carbocycles. The molecule has 8 heteroatoms. The van der Waals surface area contributed by atoms with Crippen molar-refractivity contribution in [1.29, 1.82) is 0 Å². The molecule has 1 heterocycles.